The van der Waals surface area contributed by atoms with Crippen molar-refractivity contribution in [3.63, 3.8) is 0 Å². The van der Waals surface area contributed by atoms with E-state index < -0.39 is 94.3 Å². The summed E-state index contributed by atoms with van der Waals surface area (Å²) in [6.45, 7) is 15.3. The van der Waals surface area contributed by atoms with E-state index in [1.54, 1.807) is 50.7 Å². The fraction of sp³-hybridized carbons (Fsp3) is 0.766. The van der Waals surface area contributed by atoms with Crippen molar-refractivity contribution in [1.82, 2.24) is 25.2 Å². The Labute approximate surface area is 393 Å². The van der Waals surface area contributed by atoms with Crippen LogP contribution < -0.4 is 5.32 Å². The fourth-order valence-corrected chi connectivity index (χ4v) is 9.92. The van der Waals surface area contributed by atoms with Gasteiger partial charge in [-0.3, -0.25) is 19.7 Å². The molecule has 3 fully saturated rings. The van der Waals surface area contributed by atoms with Crippen LogP contribution >= 0.6 is 0 Å². The Balaban J connectivity index is 1.39. The lowest BCUT2D eigenvalue weighted by Gasteiger charge is -2.47. The number of esters is 1. The van der Waals surface area contributed by atoms with Crippen LogP contribution in [0.25, 0.3) is 0 Å². The second-order valence-electron chi connectivity index (χ2n) is 19.5. The molecule has 4 heterocycles. The monoisotopic (exact) mass is 946 g/mol. The maximum absolute atomic E-state index is 14.4. The smallest absolute Gasteiger partial charge is 0.316 e. The molecule has 0 amide bonds. The van der Waals surface area contributed by atoms with Gasteiger partial charge < -0.3 is 54.4 Å². The van der Waals surface area contributed by atoms with E-state index in [4.69, 9.17) is 23.8 Å². The molecule has 3 saturated heterocycles. The van der Waals surface area contributed by atoms with Crippen molar-refractivity contribution in [3.05, 3.63) is 51.8 Å². The van der Waals surface area contributed by atoms with Gasteiger partial charge in [0.1, 0.15) is 29.8 Å². The van der Waals surface area contributed by atoms with Crippen molar-refractivity contribution in [2.24, 2.45) is 28.8 Å². The zero-order valence-electron chi connectivity index (χ0n) is 40.8. The molecule has 0 radical (unpaired) electrons. The molecule has 0 saturated carbocycles. The Kier molecular flexibility index (Phi) is 19.0. The number of methoxy groups -OCH3 is 1. The van der Waals surface area contributed by atoms with Crippen LogP contribution in [0.2, 0.25) is 0 Å². The fourth-order valence-electron chi connectivity index (χ4n) is 9.92. The number of Topliss-reactive ketones (excluding diaryl/α,β-unsaturated/α-hetero) is 1. The maximum Gasteiger partial charge on any atom is 0.316 e. The zero-order chi connectivity index (χ0) is 49.4. The molecule has 20 heteroatoms. The van der Waals surface area contributed by atoms with Gasteiger partial charge in [0.25, 0.3) is 5.69 Å². The number of carbonyl (C=O) groups excluding carboxylic acids is 2. The quantitative estimate of drug-likeness (QED) is 0.0743. The number of ketones is 1. The first kappa shape index (κ1) is 54.0. The number of carbonyl (C=O) groups is 2. The molecule has 0 unspecified atom stereocenters. The van der Waals surface area contributed by atoms with Crippen LogP contribution in [-0.2, 0) is 46.2 Å². The number of aliphatic hydroxyl groups excluding tert-OH is 3. The number of ether oxygens (including phenoxy) is 4. The largest absolute Gasteiger partial charge is 0.459 e. The predicted octanol–water partition coefficient (Wildman–Crippen LogP) is 3.17. The van der Waals surface area contributed by atoms with Crippen molar-refractivity contribution < 1.29 is 58.7 Å². The topological polar surface area (TPSA) is 263 Å². The zero-order valence-corrected chi connectivity index (χ0v) is 40.8. The summed E-state index contributed by atoms with van der Waals surface area (Å²) < 4.78 is 26.9. The first-order valence-electron chi connectivity index (χ1n) is 23.7. The van der Waals surface area contributed by atoms with Gasteiger partial charge in [-0.15, -0.1) is 5.10 Å². The van der Waals surface area contributed by atoms with E-state index in [1.807, 2.05) is 25.8 Å². The van der Waals surface area contributed by atoms with Gasteiger partial charge in [-0.25, -0.2) is 4.68 Å². The summed E-state index contributed by atoms with van der Waals surface area (Å²) in [7, 11) is 3.38. The number of rotatable bonds is 15. The van der Waals surface area contributed by atoms with Crippen molar-refractivity contribution in [3.8, 4) is 0 Å². The van der Waals surface area contributed by atoms with E-state index in [1.165, 1.54) is 33.1 Å². The molecule has 0 aliphatic carbocycles. The minimum atomic E-state index is -1.93. The standard InChI is InChI=1S/C47H75N7O13/c1-11-38-47(8,60)42(58)29(4)39(50-67-36-13-12-19-48-24-36)27(2)23-46(7,63-10)43(30(5)40(56)31(6)44(59)65-38)66-45-41(57)37(21-28(3)64-45)52(9)20-18-33-25-53(51-49-33)35(26-55)22-32-14-16-34(17-15-32)54(61)62/h14-17,25,27-31,35-38,41-43,45,48,55,57-58,60H,11-13,18-24,26H2,1-10H3/b50-39+/t27-,28-,29+,30+,31-,35+,36-,37+,38-,41-,42-,43-,45+,46-,47-/m1/s1. The lowest BCUT2D eigenvalue weighted by atomic mass is 9.74. The van der Waals surface area contributed by atoms with Gasteiger partial charge in [-0.1, -0.05) is 50.2 Å². The molecule has 67 heavy (non-hydrogen) atoms. The molecule has 20 nitrogen and oxygen atoms in total. The maximum atomic E-state index is 14.4. The number of aromatic nitrogens is 3. The average Bonchev–Trinajstić information content (AvgIpc) is 3.79. The van der Waals surface area contributed by atoms with Crippen molar-refractivity contribution in [2.45, 2.75) is 167 Å². The normalized spacial score (nSPS) is 36.1. The van der Waals surface area contributed by atoms with Gasteiger partial charge in [0.05, 0.1) is 52.9 Å². The number of nitro groups is 1. The first-order chi connectivity index (χ1) is 31.6. The summed E-state index contributed by atoms with van der Waals surface area (Å²) in [6, 6.07) is 5.24. The van der Waals surface area contributed by atoms with E-state index >= 15 is 0 Å². The number of hydrogen-bond donors (Lipinski definition) is 5. The van der Waals surface area contributed by atoms with Crippen molar-refractivity contribution in [1.29, 1.82) is 0 Å². The number of hydrogen-bond acceptors (Lipinski definition) is 18. The lowest BCUT2D eigenvalue weighted by molar-refractivity contribution is -0.384. The molecule has 1 aromatic carbocycles. The SMILES string of the molecule is CC[C@H]1OC(=O)[C@H](C)C(=O)[C@H](C)[C@@H](O[C@@H]2O[C@H](C)C[C@H](N(C)CCc3cn([C@H](CO)Cc4ccc([N+](=O)[O-])cc4)nn3)[C@H]2O)[C@](C)(OC)C[C@@H](C)/C(=N\O[C@@H]2CCCNC2)[C@H](C)[C@@H](O)[C@]1(C)O. The van der Waals surface area contributed by atoms with Gasteiger partial charge in [0.2, 0.25) is 0 Å². The molecule has 2 aromatic rings. The Hall–Kier alpha value is -3.99. The van der Waals surface area contributed by atoms with E-state index in [9.17, 15) is 40.1 Å². The molecular weight excluding hydrogens is 871 g/mol. The number of non-ortho nitro benzene ring substituents is 1. The number of nitrogens with one attached hydrogen (secondary N) is 1. The van der Waals surface area contributed by atoms with Crippen molar-refractivity contribution in [2.75, 3.05) is 40.4 Å². The van der Waals surface area contributed by atoms with Crippen molar-refractivity contribution >= 4 is 23.2 Å². The van der Waals surface area contributed by atoms with Crippen LogP contribution in [0, 0.1) is 33.8 Å². The highest BCUT2D eigenvalue weighted by Gasteiger charge is 2.52. The van der Waals surface area contributed by atoms with Crippen LogP contribution in [0.15, 0.2) is 35.6 Å². The number of nitro benzene ring substituents is 1. The number of oxime groups is 1. The number of nitrogens with zero attached hydrogens (tertiary/aromatic N) is 6. The van der Waals surface area contributed by atoms with E-state index in [-0.39, 0.29) is 37.3 Å². The van der Waals surface area contributed by atoms with E-state index in [0.717, 1.165) is 24.9 Å². The highest BCUT2D eigenvalue weighted by Crippen LogP contribution is 2.39. The number of cyclic esters (lactones) is 1. The summed E-state index contributed by atoms with van der Waals surface area (Å²) in [4.78, 5) is 46.9. The van der Waals surface area contributed by atoms with Gasteiger partial charge in [0, 0.05) is 68.7 Å². The molecule has 15 atom stereocenters. The molecule has 0 bridgehead atoms. The highest BCUT2D eigenvalue weighted by molar-refractivity contribution is 6.00. The van der Waals surface area contributed by atoms with Crippen LogP contribution in [0.1, 0.15) is 105 Å². The Morgan fingerprint density at radius 3 is 2.43 bits per heavy atom. The Morgan fingerprint density at radius 2 is 1.82 bits per heavy atom. The van der Waals surface area contributed by atoms with E-state index in [2.05, 4.69) is 20.8 Å². The summed E-state index contributed by atoms with van der Waals surface area (Å²) in [5, 5.41) is 73.7. The third-order valence-electron chi connectivity index (χ3n) is 14.3. The molecular formula is C47H75N7O13. The van der Waals surface area contributed by atoms with Gasteiger partial charge in [-0.05, 0) is 85.4 Å². The van der Waals surface area contributed by atoms with Gasteiger partial charge in [0.15, 0.2) is 12.1 Å². The molecule has 3 aliphatic rings. The van der Waals surface area contributed by atoms with E-state index in [0.29, 0.717) is 43.8 Å². The summed E-state index contributed by atoms with van der Waals surface area (Å²) in [5.41, 5.74) is -1.36. The molecule has 376 valence electrons. The third kappa shape index (κ3) is 13.0. The van der Waals surface area contributed by atoms with Crippen LogP contribution in [-0.4, -0.2) is 163 Å². The second-order valence-corrected chi connectivity index (χ2v) is 19.5. The average molecular weight is 946 g/mol. The first-order valence-corrected chi connectivity index (χ1v) is 23.7. The minimum Gasteiger partial charge on any atom is -0.459 e. The number of aliphatic hydroxyl groups is 4. The summed E-state index contributed by atoms with van der Waals surface area (Å²) in [6.07, 6.45) is -1.71. The van der Waals surface area contributed by atoms with Gasteiger partial charge >= 0.3 is 5.97 Å². The number of piperidine rings is 1. The van der Waals surface area contributed by atoms with Gasteiger partial charge in [-0.2, -0.15) is 0 Å². The molecule has 5 rings (SSSR count). The van der Waals surface area contributed by atoms with Crippen LogP contribution in [0.5, 0.6) is 0 Å². The lowest BCUT2D eigenvalue weighted by Crippen LogP contribution is -2.60. The second kappa shape index (κ2) is 23.5. The number of likely N-dealkylation sites (N-methyl/N-ethyl adjacent to an activating group) is 1. The highest BCUT2D eigenvalue weighted by atomic mass is 16.7. The molecule has 0 spiro atoms. The number of benzene rings is 1. The summed E-state index contributed by atoms with van der Waals surface area (Å²) in [5.74, 6) is -4.95. The minimum absolute atomic E-state index is 0.0198. The van der Waals surface area contributed by atoms with Crippen LogP contribution in [0.3, 0.4) is 0 Å². The Morgan fingerprint density at radius 1 is 1.12 bits per heavy atom. The predicted molar refractivity (Wildman–Crippen MR) is 246 cm³/mol. The summed E-state index contributed by atoms with van der Waals surface area (Å²) >= 11 is 0. The molecule has 3 aliphatic heterocycles. The Bertz CT molecular complexity index is 1960. The molecule has 5 N–H and O–H groups in total. The molecule has 1 aromatic heterocycles. The van der Waals surface area contributed by atoms with Crippen LogP contribution in [0.4, 0.5) is 5.69 Å². The third-order valence-corrected chi connectivity index (χ3v) is 14.3.